The zero-order valence-electron chi connectivity index (χ0n) is 12.4. The molecule has 0 unspecified atom stereocenters. The fourth-order valence-electron chi connectivity index (χ4n) is 2.90. The molecule has 0 atom stereocenters. The van der Waals surface area contributed by atoms with E-state index in [1.807, 2.05) is 18.2 Å². The molecule has 1 fully saturated rings. The molecule has 1 N–H and O–H groups in total. The number of nitrogens with one attached hydrogen (secondary N) is 1. The molecule has 116 valence electrons. The lowest BCUT2D eigenvalue weighted by atomic mass is 10.0. The van der Waals surface area contributed by atoms with Crippen LogP contribution in [-0.2, 0) is 6.54 Å². The molecule has 0 saturated carbocycles. The van der Waals surface area contributed by atoms with Crippen LogP contribution in [-0.4, -0.2) is 24.0 Å². The minimum Gasteiger partial charge on any atom is -0.382 e. The van der Waals surface area contributed by atoms with Gasteiger partial charge in [-0.05, 0) is 48.7 Å². The van der Waals surface area contributed by atoms with Gasteiger partial charge in [-0.1, -0.05) is 34.1 Å². The van der Waals surface area contributed by atoms with E-state index in [0.29, 0.717) is 6.04 Å². The Morgan fingerprint density at radius 2 is 1.82 bits per heavy atom. The summed E-state index contributed by atoms with van der Waals surface area (Å²) in [5, 5.41) is 3.61. The summed E-state index contributed by atoms with van der Waals surface area (Å²) in [6.45, 7) is 3.05. The molecule has 2 nitrogen and oxygen atoms in total. The summed E-state index contributed by atoms with van der Waals surface area (Å²) in [5.74, 6) is -0.166. The first-order valence-corrected chi connectivity index (χ1v) is 8.47. The van der Waals surface area contributed by atoms with Crippen molar-refractivity contribution in [3.8, 4) is 0 Å². The van der Waals surface area contributed by atoms with Gasteiger partial charge in [0, 0.05) is 35.8 Å². The van der Waals surface area contributed by atoms with Gasteiger partial charge < -0.3 is 5.32 Å². The molecular formula is C18H20BrFN2. The molecule has 1 heterocycles. The van der Waals surface area contributed by atoms with E-state index in [4.69, 9.17) is 0 Å². The van der Waals surface area contributed by atoms with Crippen molar-refractivity contribution >= 4 is 21.6 Å². The van der Waals surface area contributed by atoms with E-state index in [0.717, 1.165) is 36.9 Å². The SMILES string of the molecule is Fc1ccc(CN2CCC(Nc3cccc(Br)c3)CC2)cc1. The zero-order valence-corrected chi connectivity index (χ0v) is 14.0. The number of benzene rings is 2. The fourth-order valence-corrected chi connectivity index (χ4v) is 3.30. The van der Waals surface area contributed by atoms with Crippen molar-refractivity contribution in [2.45, 2.75) is 25.4 Å². The smallest absolute Gasteiger partial charge is 0.123 e. The lowest BCUT2D eigenvalue weighted by Gasteiger charge is -2.33. The summed E-state index contributed by atoms with van der Waals surface area (Å²) < 4.78 is 14.0. The van der Waals surface area contributed by atoms with Crippen LogP contribution in [0.2, 0.25) is 0 Å². The number of nitrogens with zero attached hydrogens (tertiary/aromatic N) is 1. The van der Waals surface area contributed by atoms with E-state index in [2.05, 4.69) is 44.3 Å². The number of piperidine rings is 1. The highest BCUT2D eigenvalue weighted by Gasteiger charge is 2.19. The normalized spacial score (nSPS) is 16.6. The summed E-state index contributed by atoms with van der Waals surface area (Å²) >= 11 is 3.50. The highest BCUT2D eigenvalue weighted by Crippen LogP contribution is 2.21. The van der Waals surface area contributed by atoms with E-state index >= 15 is 0 Å². The van der Waals surface area contributed by atoms with Gasteiger partial charge in [-0.2, -0.15) is 0 Å². The van der Waals surface area contributed by atoms with Gasteiger partial charge in [-0.3, -0.25) is 4.90 Å². The van der Waals surface area contributed by atoms with Crippen LogP contribution in [0, 0.1) is 5.82 Å². The van der Waals surface area contributed by atoms with Crippen LogP contribution < -0.4 is 5.32 Å². The fraction of sp³-hybridized carbons (Fsp3) is 0.333. The highest BCUT2D eigenvalue weighted by molar-refractivity contribution is 9.10. The molecule has 1 aliphatic heterocycles. The number of likely N-dealkylation sites (tertiary alicyclic amines) is 1. The molecule has 2 aromatic rings. The molecule has 0 spiro atoms. The second-order valence-electron chi connectivity index (χ2n) is 5.83. The van der Waals surface area contributed by atoms with Crippen molar-refractivity contribution < 1.29 is 4.39 Å². The van der Waals surface area contributed by atoms with E-state index in [1.165, 1.54) is 23.4 Å². The van der Waals surface area contributed by atoms with Crippen molar-refractivity contribution in [1.29, 1.82) is 0 Å². The Morgan fingerprint density at radius 3 is 2.50 bits per heavy atom. The molecule has 1 saturated heterocycles. The zero-order chi connectivity index (χ0) is 15.4. The molecule has 22 heavy (non-hydrogen) atoms. The second-order valence-corrected chi connectivity index (χ2v) is 6.75. The van der Waals surface area contributed by atoms with E-state index in [1.54, 1.807) is 0 Å². The van der Waals surface area contributed by atoms with Crippen molar-refractivity contribution in [2.24, 2.45) is 0 Å². The predicted octanol–water partition coefficient (Wildman–Crippen LogP) is 4.66. The molecule has 0 aromatic heterocycles. The topological polar surface area (TPSA) is 15.3 Å². The third-order valence-corrected chi connectivity index (χ3v) is 4.60. The molecule has 2 aromatic carbocycles. The average Bonchev–Trinajstić information content (AvgIpc) is 2.52. The summed E-state index contributed by atoms with van der Waals surface area (Å²) in [6, 6.07) is 15.7. The van der Waals surface area contributed by atoms with Crippen LogP contribution in [0.25, 0.3) is 0 Å². The third-order valence-electron chi connectivity index (χ3n) is 4.10. The van der Waals surface area contributed by atoms with Crippen LogP contribution in [0.4, 0.5) is 10.1 Å². The van der Waals surface area contributed by atoms with Gasteiger partial charge in [0.15, 0.2) is 0 Å². The summed E-state index contributed by atoms with van der Waals surface area (Å²) in [5.41, 5.74) is 2.35. The molecule has 3 rings (SSSR count). The Kier molecular flexibility index (Phi) is 5.11. The van der Waals surface area contributed by atoms with Crippen LogP contribution >= 0.6 is 15.9 Å². The number of rotatable bonds is 4. The number of hydrogen-bond donors (Lipinski definition) is 1. The summed E-state index contributed by atoms with van der Waals surface area (Å²) in [6.07, 6.45) is 2.27. The van der Waals surface area contributed by atoms with Crippen LogP contribution in [0.1, 0.15) is 18.4 Å². The van der Waals surface area contributed by atoms with Crippen LogP contribution in [0.15, 0.2) is 53.0 Å². The lowest BCUT2D eigenvalue weighted by molar-refractivity contribution is 0.211. The maximum Gasteiger partial charge on any atom is 0.123 e. The number of anilines is 1. The first-order valence-electron chi connectivity index (χ1n) is 7.68. The molecule has 1 aliphatic rings. The van der Waals surface area contributed by atoms with Crippen molar-refractivity contribution in [3.63, 3.8) is 0 Å². The first-order chi connectivity index (χ1) is 10.7. The van der Waals surface area contributed by atoms with Gasteiger partial charge in [0.05, 0.1) is 0 Å². The lowest BCUT2D eigenvalue weighted by Crippen LogP contribution is -2.38. The minimum absolute atomic E-state index is 0.166. The van der Waals surface area contributed by atoms with E-state index in [9.17, 15) is 4.39 Å². The van der Waals surface area contributed by atoms with E-state index in [-0.39, 0.29) is 5.82 Å². The first kappa shape index (κ1) is 15.5. The Bertz CT molecular complexity index is 607. The van der Waals surface area contributed by atoms with Crippen molar-refractivity contribution in [3.05, 3.63) is 64.4 Å². The maximum absolute atomic E-state index is 12.9. The molecule has 0 aliphatic carbocycles. The third kappa shape index (κ3) is 4.31. The van der Waals surface area contributed by atoms with Crippen molar-refractivity contribution in [1.82, 2.24) is 4.90 Å². The molecule has 0 amide bonds. The monoisotopic (exact) mass is 362 g/mol. The number of halogens is 2. The van der Waals surface area contributed by atoms with E-state index < -0.39 is 0 Å². The molecular weight excluding hydrogens is 343 g/mol. The molecule has 0 radical (unpaired) electrons. The average molecular weight is 363 g/mol. The quantitative estimate of drug-likeness (QED) is 0.850. The van der Waals surface area contributed by atoms with Gasteiger partial charge in [0.1, 0.15) is 5.82 Å². The van der Waals surface area contributed by atoms with Crippen LogP contribution in [0.3, 0.4) is 0 Å². The Balaban J connectivity index is 1.49. The summed E-state index contributed by atoms with van der Waals surface area (Å²) in [4.78, 5) is 2.44. The Morgan fingerprint density at radius 1 is 1.09 bits per heavy atom. The van der Waals surface area contributed by atoms with Gasteiger partial charge in [-0.15, -0.1) is 0 Å². The molecule has 0 bridgehead atoms. The Hall–Kier alpha value is -1.39. The van der Waals surface area contributed by atoms with Gasteiger partial charge in [0.25, 0.3) is 0 Å². The van der Waals surface area contributed by atoms with Gasteiger partial charge in [0.2, 0.25) is 0 Å². The highest BCUT2D eigenvalue weighted by atomic mass is 79.9. The predicted molar refractivity (Wildman–Crippen MR) is 92.5 cm³/mol. The maximum atomic E-state index is 12.9. The van der Waals surface area contributed by atoms with Gasteiger partial charge in [-0.25, -0.2) is 4.39 Å². The van der Waals surface area contributed by atoms with Crippen LogP contribution in [0.5, 0.6) is 0 Å². The molecule has 4 heteroatoms. The number of hydrogen-bond acceptors (Lipinski definition) is 2. The standard InChI is InChI=1S/C18H20BrFN2/c19-15-2-1-3-18(12-15)21-17-8-10-22(11-9-17)13-14-4-6-16(20)7-5-14/h1-7,12,17,21H,8-11,13H2. The largest absolute Gasteiger partial charge is 0.382 e. The second kappa shape index (κ2) is 7.25. The minimum atomic E-state index is -0.166. The Labute approximate surface area is 139 Å². The van der Waals surface area contributed by atoms with Crippen molar-refractivity contribution in [2.75, 3.05) is 18.4 Å². The summed E-state index contributed by atoms with van der Waals surface area (Å²) in [7, 11) is 0. The van der Waals surface area contributed by atoms with Gasteiger partial charge >= 0.3 is 0 Å².